The minimum Gasteiger partial charge on any atom is -0.490 e. The highest BCUT2D eigenvalue weighted by molar-refractivity contribution is 5.58. The molecule has 0 spiro atoms. The zero-order valence-corrected chi connectivity index (χ0v) is 15.1. The Morgan fingerprint density at radius 3 is 2.73 bits per heavy atom. The molecular formula is C20H24N2O4. The van der Waals surface area contributed by atoms with Crippen LogP contribution in [-0.4, -0.2) is 25.2 Å². The molecule has 0 aromatic heterocycles. The van der Waals surface area contributed by atoms with Crippen LogP contribution in [-0.2, 0) is 4.74 Å². The first-order chi connectivity index (χ1) is 12.6. The molecule has 2 unspecified atom stereocenters. The van der Waals surface area contributed by atoms with E-state index >= 15 is 0 Å². The van der Waals surface area contributed by atoms with Gasteiger partial charge < -0.3 is 14.8 Å². The molecule has 138 valence electrons. The first-order valence-electron chi connectivity index (χ1n) is 8.83. The number of nitro benzene ring substituents is 1. The molecule has 1 fully saturated rings. The maximum absolute atomic E-state index is 11.0. The van der Waals surface area contributed by atoms with Crippen molar-refractivity contribution in [1.82, 2.24) is 0 Å². The lowest BCUT2D eigenvalue weighted by atomic mass is 9.89. The van der Waals surface area contributed by atoms with Gasteiger partial charge >= 0.3 is 5.69 Å². The van der Waals surface area contributed by atoms with Crippen LogP contribution in [0.5, 0.6) is 5.75 Å². The molecule has 1 aliphatic rings. The van der Waals surface area contributed by atoms with Crippen molar-refractivity contribution in [1.29, 1.82) is 0 Å². The lowest BCUT2D eigenvalue weighted by Crippen LogP contribution is -2.28. The number of rotatable bonds is 6. The van der Waals surface area contributed by atoms with E-state index in [4.69, 9.17) is 9.47 Å². The van der Waals surface area contributed by atoms with Crippen LogP contribution in [0.2, 0.25) is 0 Å². The first kappa shape index (κ1) is 18.2. The summed E-state index contributed by atoms with van der Waals surface area (Å²) in [7, 11) is 1.44. The van der Waals surface area contributed by atoms with Crippen LogP contribution in [0.1, 0.15) is 30.1 Å². The topological polar surface area (TPSA) is 73.6 Å². The summed E-state index contributed by atoms with van der Waals surface area (Å²) < 4.78 is 11.2. The van der Waals surface area contributed by atoms with E-state index in [0.717, 1.165) is 31.7 Å². The van der Waals surface area contributed by atoms with Crippen molar-refractivity contribution in [3.8, 4) is 5.75 Å². The molecule has 6 nitrogen and oxygen atoms in total. The SMILES string of the molecule is COc1cc(NCC2CCCOC2c2ccc(C)cc2)ccc1[N+](=O)[O-]. The molecule has 26 heavy (non-hydrogen) atoms. The lowest BCUT2D eigenvalue weighted by molar-refractivity contribution is -0.385. The van der Waals surface area contributed by atoms with Crippen LogP contribution < -0.4 is 10.1 Å². The Morgan fingerprint density at radius 2 is 2.04 bits per heavy atom. The normalized spacial score (nSPS) is 19.8. The Kier molecular flexibility index (Phi) is 5.73. The Hall–Kier alpha value is -2.60. The summed E-state index contributed by atoms with van der Waals surface area (Å²) in [6.07, 6.45) is 2.19. The minimum atomic E-state index is -0.439. The van der Waals surface area contributed by atoms with Crippen molar-refractivity contribution in [3.63, 3.8) is 0 Å². The van der Waals surface area contributed by atoms with Crippen molar-refractivity contribution in [2.45, 2.75) is 25.9 Å². The summed E-state index contributed by atoms with van der Waals surface area (Å²) >= 11 is 0. The molecular weight excluding hydrogens is 332 g/mol. The van der Waals surface area contributed by atoms with Crippen molar-refractivity contribution in [2.75, 3.05) is 25.6 Å². The van der Waals surface area contributed by atoms with E-state index < -0.39 is 4.92 Å². The van der Waals surface area contributed by atoms with E-state index in [1.54, 1.807) is 12.1 Å². The van der Waals surface area contributed by atoms with Crippen LogP contribution in [0, 0.1) is 23.0 Å². The molecule has 0 aliphatic carbocycles. The standard InChI is InChI=1S/C20H24N2O4/c1-14-5-7-15(8-6-14)20-16(4-3-11-26-20)13-21-17-9-10-18(22(23)24)19(12-17)25-2/h5-10,12,16,20-21H,3-4,11,13H2,1-2H3. The molecule has 2 aromatic carbocycles. The molecule has 0 radical (unpaired) electrons. The van der Waals surface area contributed by atoms with Crippen LogP contribution in [0.25, 0.3) is 0 Å². The van der Waals surface area contributed by atoms with Gasteiger partial charge in [-0.25, -0.2) is 0 Å². The molecule has 0 bridgehead atoms. The summed E-state index contributed by atoms with van der Waals surface area (Å²) in [6.45, 7) is 3.59. The molecule has 1 aliphatic heterocycles. The Balaban J connectivity index is 1.70. The number of nitrogens with one attached hydrogen (secondary N) is 1. The highest BCUT2D eigenvalue weighted by Crippen LogP contribution is 2.35. The van der Waals surface area contributed by atoms with E-state index in [2.05, 4.69) is 36.5 Å². The van der Waals surface area contributed by atoms with Crippen LogP contribution in [0.4, 0.5) is 11.4 Å². The van der Waals surface area contributed by atoms with Crippen molar-refractivity contribution in [2.24, 2.45) is 5.92 Å². The monoisotopic (exact) mass is 356 g/mol. The number of hydrogen-bond acceptors (Lipinski definition) is 5. The molecule has 0 saturated carbocycles. The quantitative estimate of drug-likeness (QED) is 0.610. The van der Waals surface area contributed by atoms with Crippen molar-refractivity contribution in [3.05, 3.63) is 63.7 Å². The average molecular weight is 356 g/mol. The molecule has 1 saturated heterocycles. The fourth-order valence-corrected chi connectivity index (χ4v) is 3.36. The van der Waals surface area contributed by atoms with Crippen LogP contribution in [0.15, 0.2) is 42.5 Å². The highest BCUT2D eigenvalue weighted by Gasteiger charge is 2.27. The maximum atomic E-state index is 11.0. The molecule has 1 heterocycles. The number of benzene rings is 2. The number of nitro groups is 1. The number of aryl methyl sites for hydroxylation is 1. The van der Waals surface area contributed by atoms with E-state index in [-0.39, 0.29) is 17.5 Å². The van der Waals surface area contributed by atoms with E-state index in [1.165, 1.54) is 24.3 Å². The number of methoxy groups -OCH3 is 1. The third kappa shape index (κ3) is 4.14. The minimum absolute atomic E-state index is 0.0309. The average Bonchev–Trinajstić information content (AvgIpc) is 2.67. The molecule has 6 heteroatoms. The van der Waals surface area contributed by atoms with Gasteiger partial charge in [0, 0.05) is 36.9 Å². The molecule has 0 amide bonds. The number of anilines is 1. The Labute approximate surface area is 153 Å². The second kappa shape index (κ2) is 8.19. The fourth-order valence-electron chi connectivity index (χ4n) is 3.36. The first-order valence-corrected chi connectivity index (χ1v) is 8.83. The lowest BCUT2D eigenvalue weighted by Gasteiger charge is -2.32. The summed E-state index contributed by atoms with van der Waals surface area (Å²) in [5, 5.41) is 14.4. The van der Waals surface area contributed by atoms with Crippen molar-refractivity contribution >= 4 is 11.4 Å². The van der Waals surface area contributed by atoms with Gasteiger partial charge in [0.05, 0.1) is 18.1 Å². The molecule has 1 N–H and O–H groups in total. The van der Waals surface area contributed by atoms with Gasteiger partial charge in [0.15, 0.2) is 5.75 Å². The summed E-state index contributed by atoms with van der Waals surface area (Å²) in [4.78, 5) is 10.6. The van der Waals surface area contributed by atoms with E-state index in [9.17, 15) is 10.1 Å². The van der Waals surface area contributed by atoms with E-state index in [0.29, 0.717) is 5.92 Å². The molecule has 2 aromatic rings. The van der Waals surface area contributed by atoms with E-state index in [1.807, 2.05) is 0 Å². The van der Waals surface area contributed by atoms with Gasteiger partial charge in [0.1, 0.15) is 0 Å². The van der Waals surface area contributed by atoms with Gasteiger partial charge in [-0.2, -0.15) is 0 Å². The number of nitrogens with zero attached hydrogens (tertiary/aromatic N) is 1. The third-order valence-electron chi connectivity index (χ3n) is 4.80. The van der Waals surface area contributed by atoms with Crippen molar-refractivity contribution < 1.29 is 14.4 Å². The van der Waals surface area contributed by atoms with Gasteiger partial charge in [0.2, 0.25) is 0 Å². The predicted octanol–water partition coefficient (Wildman–Crippen LogP) is 4.49. The fraction of sp³-hybridized carbons (Fsp3) is 0.400. The van der Waals surface area contributed by atoms with Gasteiger partial charge in [-0.1, -0.05) is 29.8 Å². The Bertz CT molecular complexity index is 761. The predicted molar refractivity (Wildman–Crippen MR) is 101 cm³/mol. The Morgan fingerprint density at radius 1 is 1.27 bits per heavy atom. The van der Waals surface area contributed by atoms with Crippen LogP contribution in [0.3, 0.4) is 0 Å². The summed E-state index contributed by atoms with van der Waals surface area (Å²) in [5.41, 5.74) is 3.21. The van der Waals surface area contributed by atoms with Gasteiger partial charge in [-0.05, 0) is 31.4 Å². The largest absolute Gasteiger partial charge is 0.490 e. The molecule has 3 rings (SSSR count). The number of ether oxygens (including phenoxy) is 2. The zero-order valence-electron chi connectivity index (χ0n) is 15.1. The number of hydrogen-bond donors (Lipinski definition) is 1. The van der Waals surface area contributed by atoms with Gasteiger partial charge in [-0.3, -0.25) is 10.1 Å². The summed E-state index contributed by atoms with van der Waals surface area (Å²) in [6, 6.07) is 13.3. The zero-order chi connectivity index (χ0) is 18.5. The van der Waals surface area contributed by atoms with Gasteiger partial charge in [0.25, 0.3) is 0 Å². The van der Waals surface area contributed by atoms with Crippen LogP contribution >= 0.6 is 0 Å². The van der Waals surface area contributed by atoms with Gasteiger partial charge in [-0.15, -0.1) is 0 Å². The second-order valence-corrected chi connectivity index (χ2v) is 6.63. The summed E-state index contributed by atoms with van der Waals surface area (Å²) in [5.74, 6) is 0.600. The molecule has 2 atom stereocenters. The maximum Gasteiger partial charge on any atom is 0.311 e. The third-order valence-corrected chi connectivity index (χ3v) is 4.80. The second-order valence-electron chi connectivity index (χ2n) is 6.63. The smallest absolute Gasteiger partial charge is 0.311 e. The highest BCUT2D eigenvalue weighted by atomic mass is 16.6.